The van der Waals surface area contributed by atoms with Gasteiger partial charge in [0.05, 0.1) is 18.8 Å². The summed E-state index contributed by atoms with van der Waals surface area (Å²) in [5, 5.41) is 12.2. The van der Waals surface area contributed by atoms with Gasteiger partial charge in [-0.1, -0.05) is 6.42 Å². The zero-order chi connectivity index (χ0) is 16.9. The summed E-state index contributed by atoms with van der Waals surface area (Å²) in [6.45, 7) is 2.66. The highest BCUT2D eigenvalue weighted by atomic mass is 16.4. The second-order valence-electron chi connectivity index (χ2n) is 5.84. The molecule has 1 saturated heterocycles. The van der Waals surface area contributed by atoms with Crippen LogP contribution in [0.1, 0.15) is 36.8 Å². The molecule has 2 aromatic heterocycles. The Kier molecular flexibility index (Phi) is 4.95. The molecule has 0 aromatic carbocycles. The summed E-state index contributed by atoms with van der Waals surface area (Å²) in [4.78, 5) is 30.4. The van der Waals surface area contributed by atoms with Crippen LogP contribution in [-0.4, -0.2) is 49.0 Å². The average molecular weight is 328 g/mol. The molecule has 3 rings (SSSR count). The Hall–Kier alpha value is -2.61. The molecule has 0 radical (unpaired) electrons. The Bertz CT molecular complexity index is 709. The Morgan fingerprint density at radius 2 is 2.21 bits per heavy atom. The number of aromatic nitrogens is 4. The van der Waals surface area contributed by atoms with Crippen LogP contribution in [0.25, 0.3) is 0 Å². The van der Waals surface area contributed by atoms with E-state index in [2.05, 4.69) is 25.3 Å². The molecule has 0 amide bonds. The standard InChI is InChI=1S/C16H20N6O2/c1-11-8-13(20-14-9-17-5-6-18-14)21-16(19-11)12-4-2-3-7-22(12)10-15(23)24/h5-6,8-9,12H,2-4,7,10H2,1H3,(H,23,24)(H,18,19,20,21)/t12-/m1/s1. The van der Waals surface area contributed by atoms with Crippen LogP contribution in [0, 0.1) is 6.92 Å². The fraction of sp³-hybridized carbons (Fsp3) is 0.438. The highest BCUT2D eigenvalue weighted by Gasteiger charge is 2.28. The van der Waals surface area contributed by atoms with Crippen LogP contribution in [0.4, 0.5) is 11.6 Å². The van der Waals surface area contributed by atoms with Gasteiger partial charge in [-0.2, -0.15) is 0 Å². The molecule has 8 nitrogen and oxygen atoms in total. The van der Waals surface area contributed by atoms with Gasteiger partial charge < -0.3 is 10.4 Å². The molecule has 0 aliphatic carbocycles. The number of anilines is 2. The van der Waals surface area contributed by atoms with E-state index in [9.17, 15) is 4.79 Å². The van der Waals surface area contributed by atoms with Crippen molar-refractivity contribution in [1.29, 1.82) is 0 Å². The van der Waals surface area contributed by atoms with Gasteiger partial charge in [0.2, 0.25) is 0 Å². The lowest BCUT2D eigenvalue weighted by molar-refractivity contribution is -0.139. The number of aliphatic carboxylic acids is 1. The second kappa shape index (κ2) is 7.31. The Labute approximate surface area is 140 Å². The summed E-state index contributed by atoms with van der Waals surface area (Å²) >= 11 is 0. The molecule has 126 valence electrons. The van der Waals surface area contributed by atoms with E-state index in [0.29, 0.717) is 17.5 Å². The molecular formula is C16H20N6O2. The lowest BCUT2D eigenvalue weighted by Gasteiger charge is -2.33. The van der Waals surface area contributed by atoms with Crippen LogP contribution in [0.3, 0.4) is 0 Å². The van der Waals surface area contributed by atoms with Crippen molar-refractivity contribution in [2.45, 2.75) is 32.2 Å². The number of aryl methyl sites for hydroxylation is 1. The third-order valence-electron chi connectivity index (χ3n) is 3.94. The highest BCUT2D eigenvalue weighted by molar-refractivity contribution is 5.69. The van der Waals surface area contributed by atoms with Crippen molar-refractivity contribution >= 4 is 17.6 Å². The van der Waals surface area contributed by atoms with E-state index in [-0.39, 0.29) is 12.6 Å². The quantitative estimate of drug-likeness (QED) is 0.858. The van der Waals surface area contributed by atoms with E-state index < -0.39 is 5.97 Å². The van der Waals surface area contributed by atoms with E-state index in [1.807, 2.05) is 17.9 Å². The fourth-order valence-electron chi connectivity index (χ4n) is 2.95. The number of carboxylic acids is 1. The third-order valence-corrected chi connectivity index (χ3v) is 3.94. The summed E-state index contributed by atoms with van der Waals surface area (Å²) in [5.41, 5.74) is 0.826. The predicted molar refractivity (Wildman–Crippen MR) is 87.9 cm³/mol. The number of hydrogen-bond donors (Lipinski definition) is 2. The maximum atomic E-state index is 11.1. The molecule has 1 atom stereocenters. The molecule has 2 N–H and O–H groups in total. The van der Waals surface area contributed by atoms with Gasteiger partial charge in [0.1, 0.15) is 17.5 Å². The molecule has 8 heteroatoms. The highest BCUT2D eigenvalue weighted by Crippen LogP contribution is 2.29. The van der Waals surface area contributed by atoms with Crippen LogP contribution >= 0.6 is 0 Å². The maximum absolute atomic E-state index is 11.1. The van der Waals surface area contributed by atoms with Crippen LogP contribution in [0.2, 0.25) is 0 Å². The maximum Gasteiger partial charge on any atom is 0.317 e. The van der Waals surface area contributed by atoms with Gasteiger partial charge >= 0.3 is 5.97 Å². The van der Waals surface area contributed by atoms with E-state index in [1.165, 1.54) is 0 Å². The molecule has 1 aliphatic heterocycles. The van der Waals surface area contributed by atoms with Gasteiger partial charge in [0.15, 0.2) is 0 Å². The van der Waals surface area contributed by atoms with Crippen molar-refractivity contribution in [2.75, 3.05) is 18.4 Å². The first-order valence-corrected chi connectivity index (χ1v) is 7.96. The van der Waals surface area contributed by atoms with Crippen LogP contribution in [0.15, 0.2) is 24.7 Å². The summed E-state index contributed by atoms with van der Waals surface area (Å²) in [6.07, 6.45) is 7.74. The molecule has 0 bridgehead atoms. The number of hydrogen-bond acceptors (Lipinski definition) is 7. The van der Waals surface area contributed by atoms with Crippen molar-refractivity contribution in [3.05, 3.63) is 36.2 Å². The number of likely N-dealkylation sites (tertiary alicyclic amines) is 1. The van der Waals surface area contributed by atoms with Crippen LogP contribution in [0.5, 0.6) is 0 Å². The van der Waals surface area contributed by atoms with Crippen molar-refractivity contribution in [3.63, 3.8) is 0 Å². The molecule has 3 heterocycles. The molecule has 24 heavy (non-hydrogen) atoms. The van der Waals surface area contributed by atoms with Crippen molar-refractivity contribution in [3.8, 4) is 0 Å². The Morgan fingerprint density at radius 1 is 1.33 bits per heavy atom. The third kappa shape index (κ3) is 4.02. The minimum Gasteiger partial charge on any atom is -0.480 e. The average Bonchev–Trinajstić information content (AvgIpc) is 2.55. The van der Waals surface area contributed by atoms with Gasteiger partial charge in [-0.3, -0.25) is 14.7 Å². The van der Waals surface area contributed by atoms with E-state index in [4.69, 9.17) is 5.11 Å². The normalized spacial score (nSPS) is 18.3. The lowest BCUT2D eigenvalue weighted by atomic mass is 10.0. The molecule has 0 saturated carbocycles. The number of carbonyl (C=O) groups is 1. The number of nitrogens with one attached hydrogen (secondary N) is 1. The Balaban J connectivity index is 1.85. The minimum atomic E-state index is -0.826. The number of carboxylic acid groups (broad SMARTS) is 1. The van der Waals surface area contributed by atoms with E-state index >= 15 is 0 Å². The number of rotatable bonds is 5. The molecule has 0 spiro atoms. The van der Waals surface area contributed by atoms with E-state index in [0.717, 1.165) is 31.5 Å². The van der Waals surface area contributed by atoms with Gasteiger partial charge in [0.25, 0.3) is 0 Å². The first-order valence-electron chi connectivity index (χ1n) is 7.96. The number of piperidine rings is 1. The zero-order valence-electron chi connectivity index (χ0n) is 13.5. The molecule has 1 fully saturated rings. The van der Waals surface area contributed by atoms with Crippen molar-refractivity contribution in [2.24, 2.45) is 0 Å². The smallest absolute Gasteiger partial charge is 0.317 e. The summed E-state index contributed by atoms with van der Waals surface area (Å²) < 4.78 is 0. The first kappa shape index (κ1) is 16.3. The summed E-state index contributed by atoms with van der Waals surface area (Å²) in [7, 11) is 0. The Morgan fingerprint density at radius 3 is 2.96 bits per heavy atom. The van der Waals surface area contributed by atoms with E-state index in [1.54, 1.807) is 18.6 Å². The molecule has 2 aromatic rings. The second-order valence-corrected chi connectivity index (χ2v) is 5.84. The zero-order valence-corrected chi connectivity index (χ0v) is 13.5. The first-order chi connectivity index (χ1) is 11.6. The summed E-state index contributed by atoms with van der Waals surface area (Å²) in [5.74, 6) is 1.07. The molecular weight excluding hydrogens is 308 g/mol. The molecule has 1 aliphatic rings. The largest absolute Gasteiger partial charge is 0.480 e. The number of nitrogens with zero attached hydrogens (tertiary/aromatic N) is 5. The monoisotopic (exact) mass is 328 g/mol. The lowest BCUT2D eigenvalue weighted by Crippen LogP contribution is -2.38. The van der Waals surface area contributed by atoms with Crippen LogP contribution in [-0.2, 0) is 4.79 Å². The SMILES string of the molecule is Cc1cc(Nc2cnccn2)nc([C@H]2CCCCN2CC(=O)O)n1. The van der Waals surface area contributed by atoms with Gasteiger partial charge in [-0.05, 0) is 26.3 Å². The van der Waals surface area contributed by atoms with Crippen molar-refractivity contribution < 1.29 is 9.90 Å². The van der Waals surface area contributed by atoms with Crippen molar-refractivity contribution in [1.82, 2.24) is 24.8 Å². The van der Waals surface area contributed by atoms with Gasteiger partial charge in [-0.25, -0.2) is 15.0 Å². The molecule has 0 unspecified atom stereocenters. The van der Waals surface area contributed by atoms with Gasteiger partial charge in [0, 0.05) is 24.2 Å². The predicted octanol–water partition coefficient (Wildman–Crippen LogP) is 1.93. The minimum absolute atomic E-state index is 0.00882. The topological polar surface area (TPSA) is 104 Å². The van der Waals surface area contributed by atoms with Gasteiger partial charge in [-0.15, -0.1) is 0 Å². The summed E-state index contributed by atoms with van der Waals surface area (Å²) in [6, 6.07) is 1.76. The van der Waals surface area contributed by atoms with Crippen LogP contribution < -0.4 is 5.32 Å². The fourth-order valence-corrected chi connectivity index (χ4v) is 2.95.